The monoisotopic (exact) mass is 130 g/mol. The van der Waals surface area contributed by atoms with Gasteiger partial charge in [0.25, 0.3) is 0 Å². The van der Waals surface area contributed by atoms with Crippen molar-refractivity contribution >= 4 is 0 Å². The van der Waals surface area contributed by atoms with Crippen molar-refractivity contribution in [3.8, 4) is 0 Å². The Kier molecular flexibility index (Phi) is 2.49. The summed E-state index contributed by atoms with van der Waals surface area (Å²) in [5.41, 5.74) is 0. The van der Waals surface area contributed by atoms with E-state index < -0.39 is 0 Å². The van der Waals surface area contributed by atoms with Crippen LogP contribution in [0.25, 0.3) is 0 Å². The van der Waals surface area contributed by atoms with E-state index in [-0.39, 0.29) is 12.2 Å². The SMILES string of the molecule is COC1CCCCC1O. The van der Waals surface area contributed by atoms with Crippen molar-refractivity contribution in [3.05, 3.63) is 0 Å². The van der Waals surface area contributed by atoms with Crippen molar-refractivity contribution in [2.45, 2.75) is 37.9 Å². The summed E-state index contributed by atoms with van der Waals surface area (Å²) in [6.45, 7) is 0. The summed E-state index contributed by atoms with van der Waals surface area (Å²) in [7, 11) is 1.67. The number of hydrogen-bond donors (Lipinski definition) is 1. The Morgan fingerprint density at radius 1 is 1.33 bits per heavy atom. The molecular weight excluding hydrogens is 116 g/mol. The third-order valence-electron chi connectivity index (χ3n) is 1.97. The van der Waals surface area contributed by atoms with Crippen LogP contribution in [0, 0.1) is 0 Å². The van der Waals surface area contributed by atoms with E-state index in [0.29, 0.717) is 0 Å². The van der Waals surface area contributed by atoms with Crippen LogP contribution in [0.15, 0.2) is 0 Å². The van der Waals surface area contributed by atoms with Crippen LogP contribution in [0.5, 0.6) is 0 Å². The van der Waals surface area contributed by atoms with Gasteiger partial charge in [-0.15, -0.1) is 0 Å². The lowest BCUT2D eigenvalue weighted by atomic mass is 9.95. The molecule has 0 aromatic rings. The fraction of sp³-hybridized carbons (Fsp3) is 1.00. The number of rotatable bonds is 1. The van der Waals surface area contributed by atoms with Gasteiger partial charge in [-0.25, -0.2) is 0 Å². The molecule has 54 valence electrons. The summed E-state index contributed by atoms with van der Waals surface area (Å²) in [5, 5.41) is 9.24. The fourth-order valence-electron chi connectivity index (χ4n) is 1.35. The molecule has 0 amide bonds. The molecule has 1 rings (SSSR count). The zero-order valence-electron chi connectivity index (χ0n) is 5.84. The Hall–Kier alpha value is -0.0800. The second kappa shape index (κ2) is 3.18. The largest absolute Gasteiger partial charge is 0.390 e. The van der Waals surface area contributed by atoms with Crippen LogP contribution in [0.4, 0.5) is 0 Å². The van der Waals surface area contributed by atoms with Gasteiger partial charge in [-0.05, 0) is 12.8 Å². The number of ether oxygens (including phenoxy) is 1. The standard InChI is InChI=1S/C7H14O2/c1-9-7-5-3-2-4-6(7)8/h6-8H,2-5H2,1H3. The molecule has 2 unspecified atom stereocenters. The summed E-state index contributed by atoms with van der Waals surface area (Å²) in [4.78, 5) is 0. The number of aliphatic hydroxyl groups is 1. The van der Waals surface area contributed by atoms with E-state index in [2.05, 4.69) is 0 Å². The van der Waals surface area contributed by atoms with Crippen LogP contribution in [0.3, 0.4) is 0 Å². The minimum Gasteiger partial charge on any atom is -0.390 e. The average Bonchev–Trinajstić information content (AvgIpc) is 1.89. The predicted octanol–water partition coefficient (Wildman–Crippen LogP) is 0.936. The molecule has 1 fully saturated rings. The Bertz CT molecular complexity index is 83.0. The fourth-order valence-corrected chi connectivity index (χ4v) is 1.35. The third kappa shape index (κ3) is 1.66. The molecular formula is C7H14O2. The molecule has 0 heterocycles. The first-order chi connectivity index (χ1) is 4.34. The lowest BCUT2D eigenvalue weighted by molar-refractivity contribution is -0.0359. The summed E-state index contributed by atoms with van der Waals surface area (Å²) in [6.07, 6.45) is 4.20. The molecule has 0 radical (unpaired) electrons. The van der Waals surface area contributed by atoms with Crippen molar-refractivity contribution < 1.29 is 9.84 Å². The van der Waals surface area contributed by atoms with Crippen LogP contribution >= 0.6 is 0 Å². The first-order valence-electron chi connectivity index (χ1n) is 3.55. The van der Waals surface area contributed by atoms with Crippen LogP contribution < -0.4 is 0 Å². The van der Waals surface area contributed by atoms with E-state index in [1.54, 1.807) is 7.11 Å². The lowest BCUT2D eigenvalue weighted by Gasteiger charge is -2.25. The molecule has 0 spiro atoms. The molecule has 1 saturated carbocycles. The maximum atomic E-state index is 9.24. The van der Waals surface area contributed by atoms with Gasteiger partial charge >= 0.3 is 0 Å². The van der Waals surface area contributed by atoms with E-state index in [1.807, 2.05) is 0 Å². The third-order valence-corrected chi connectivity index (χ3v) is 1.97. The number of aliphatic hydroxyl groups excluding tert-OH is 1. The van der Waals surface area contributed by atoms with Crippen LogP contribution in [-0.2, 0) is 4.74 Å². The van der Waals surface area contributed by atoms with Gasteiger partial charge in [-0.2, -0.15) is 0 Å². The van der Waals surface area contributed by atoms with E-state index in [1.165, 1.54) is 6.42 Å². The van der Waals surface area contributed by atoms with Crippen LogP contribution in [0.2, 0.25) is 0 Å². The second-order valence-corrected chi connectivity index (χ2v) is 2.63. The first-order valence-corrected chi connectivity index (χ1v) is 3.55. The molecule has 2 atom stereocenters. The van der Waals surface area contributed by atoms with Gasteiger partial charge in [0.15, 0.2) is 0 Å². The number of methoxy groups -OCH3 is 1. The van der Waals surface area contributed by atoms with Crippen molar-refractivity contribution in [1.82, 2.24) is 0 Å². The lowest BCUT2D eigenvalue weighted by Crippen LogP contribution is -2.30. The average molecular weight is 130 g/mol. The molecule has 1 N–H and O–H groups in total. The highest BCUT2D eigenvalue weighted by atomic mass is 16.5. The van der Waals surface area contributed by atoms with Gasteiger partial charge < -0.3 is 9.84 Å². The summed E-state index contributed by atoms with van der Waals surface area (Å²) < 4.78 is 5.05. The second-order valence-electron chi connectivity index (χ2n) is 2.63. The van der Waals surface area contributed by atoms with Gasteiger partial charge in [-0.1, -0.05) is 12.8 Å². The number of hydrogen-bond acceptors (Lipinski definition) is 2. The van der Waals surface area contributed by atoms with Crippen molar-refractivity contribution in [1.29, 1.82) is 0 Å². The highest BCUT2D eigenvalue weighted by Crippen LogP contribution is 2.19. The zero-order valence-corrected chi connectivity index (χ0v) is 5.84. The Labute approximate surface area is 55.8 Å². The van der Waals surface area contributed by atoms with Gasteiger partial charge in [0, 0.05) is 7.11 Å². The Morgan fingerprint density at radius 2 is 2.00 bits per heavy atom. The van der Waals surface area contributed by atoms with Gasteiger partial charge in [0.1, 0.15) is 0 Å². The molecule has 0 aromatic carbocycles. The molecule has 0 aromatic heterocycles. The maximum absolute atomic E-state index is 9.24. The van der Waals surface area contributed by atoms with Crippen molar-refractivity contribution in [2.75, 3.05) is 7.11 Å². The van der Waals surface area contributed by atoms with Crippen LogP contribution in [0.1, 0.15) is 25.7 Å². The van der Waals surface area contributed by atoms with E-state index in [4.69, 9.17) is 4.74 Å². The molecule has 0 bridgehead atoms. The first kappa shape index (κ1) is 7.03. The minimum absolute atomic E-state index is 0.110. The molecule has 1 aliphatic rings. The molecule has 2 nitrogen and oxygen atoms in total. The van der Waals surface area contributed by atoms with Crippen molar-refractivity contribution in [3.63, 3.8) is 0 Å². The van der Waals surface area contributed by atoms with E-state index in [9.17, 15) is 5.11 Å². The van der Waals surface area contributed by atoms with E-state index in [0.717, 1.165) is 19.3 Å². The molecule has 1 aliphatic carbocycles. The van der Waals surface area contributed by atoms with Gasteiger partial charge in [0.2, 0.25) is 0 Å². The van der Waals surface area contributed by atoms with Crippen LogP contribution in [-0.4, -0.2) is 24.4 Å². The minimum atomic E-state index is -0.205. The topological polar surface area (TPSA) is 29.5 Å². The maximum Gasteiger partial charge on any atom is 0.0830 e. The van der Waals surface area contributed by atoms with E-state index >= 15 is 0 Å². The summed E-state index contributed by atoms with van der Waals surface area (Å²) >= 11 is 0. The molecule has 2 heteroatoms. The van der Waals surface area contributed by atoms with Crippen molar-refractivity contribution in [2.24, 2.45) is 0 Å². The van der Waals surface area contributed by atoms with Gasteiger partial charge in [-0.3, -0.25) is 0 Å². The highest BCUT2D eigenvalue weighted by molar-refractivity contribution is 4.73. The summed E-state index contributed by atoms with van der Waals surface area (Å²) in [5.74, 6) is 0. The smallest absolute Gasteiger partial charge is 0.0830 e. The quantitative estimate of drug-likeness (QED) is 0.572. The Morgan fingerprint density at radius 3 is 2.44 bits per heavy atom. The molecule has 9 heavy (non-hydrogen) atoms. The summed E-state index contributed by atoms with van der Waals surface area (Å²) in [6, 6.07) is 0. The Balaban J connectivity index is 2.30. The predicted molar refractivity (Wildman–Crippen MR) is 35.3 cm³/mol. The van der Waals surface area contributed by atoms with Gasteiger partial charge in [0.05, 0.1) is 12.2 Å². The highest BCUT2D eigenvalue weighted by Gasteiger charge is 2.21. The zero-order chi connectivity index (χ0) is 6.69. The normalized spacial score (nSPS) is 36.7. The molecule has 0 aliphatic heterocycles. The molecule has 0 saturated heterocycles.